The molecule has 1 aromatic heterocycles. The number of piperazine rings is 1. The zero-order valence-electron chi connectivity index (χ0n) is 18.4. The highest BCUT2D eigenvalue weighted by molar-refractivity contribution is 7.99. The first kappa shape index (κ1) is 22.2. The molecular weight excluding hydrogens is 451 g/mol. The van der Waals surface area contributed by atoms with E-state index >= 15 is 0 Å². The van der Waals surface area contributed by atoms with E-state index in [-0.39, 0.29) is 22.9 Å². The van der Waals surface area contributed by atoms with Gasteiger partial charge in [0.15, 0.2) is 5.16 Å². The topological polar surface area (TPSA) is 58.4 Å². The van der Waals surface area contributed by atoms with Crippen LogP contribution in [0.4, 0.5) is 10.1 Å². The molecule has 2 heterocycles. The van der Waals surface area contributed by atoms with E-state index in [1.807, 2.05) is 23.1 Å². The molecule has 1 saturated heterocycles. The summed E-state index contributed by atoms with van der Waals surface area (Å²) < 4.78 is 15.9. The second-order valence-electron chi connectivity index (χ2n) is 8.00. The van der Waals surface area contributed by atoms with Gasteiger partial charge < -0.3 is 9.80 Å². The van der Waals surface area contributed by atoms with E-state index in [0.29, 0.717) is 29.1 Å². The molecule has 0 unspecified atom stereocenters. The number of thioether (sulfide) groups is 1. The van der Waals surface area contributed by atoms with Gasteiger partial charge >= 0.3 is 0 Å². The lowest BCUT2D eigenvalue weighted by Gasteiger charge is -2.36. The molecular formula is C26H23FN4O2S. The van der Waals surface area contributed by atoms with Gasteiger partial charge in [-0.2, -0.15) is 0 Å². The summed E-state index contributed by atoms with van der Waals surface area (Å²) in [5, 5.41) is 0.698. The van der Waals surface area contributed by atoms with Crippen LogP contribution in [0.1, 0.15) is 0 Å². The first-order chi connectivity index (χ1) is 16.6. The van der Waals surface area contributed by atoms with Crippen LogP contribution in [0.5, 0.6) is 0 Å². The molecule has 1 amide bonds. The molecule has 5 rings (SSSR count). The summed E-state index contributed by atoms with van der Waals surface area (Å²) in [5.41, 5.74) is 1.43. The molecule has 1 fully saturated rings. The van der Waals surface area contributed by atoms with E-state index in [4.69, 9.17) is 0 Å². The molecule has 1 aliphatic rings. The van der Waals surface area contributed by atoms with E-state index in [0.717, 1.165) is 30.5 Å². The van der Waals surface area contributed by atoms with E-state index in [2.05, 4.69) is 22.0 Å². The number of rotatable bonds is 5. The highest BCUT2D eigenvalue weighted by Crippen LogP contribution is 2.24. The summed E-state index contributed by atoms with van der Waals surface area (Å²) in [4.78, 5) is 34.9. The van der Waals surface area contributed by atoms with Gasteiger partial charge in [-0.15, -0.1) is 0 Å². The number of hydrogen-bond donors (Lipinski definition) is 0. The first-order valence-electron chi connectivity index (χ1n) is 11.1. The molecule has 0 saturated carbocycles. The SMILES string of the molecule is O=C(CSc1nc2ccccc2c(=O)n1-c1ccccc1F)N1CCN(c2ccccc2)CC1. The van der Waals surface area contributed by atoms with Gasteiger partial charge in [-0.25, -0.2) is 9.37 Å². The van der Waals surface area contributed by atoms with E-state index in [1.165, 1.54) is 10.6 Å². The quantitative estimate of drug-likeness (QED) is 0.324. The molecule has 3 aromatic carbocycles. The van der Waals surface area contributed by atoms with Crippen molar-refractivity contribution in [3.63, 3.8) is 0 Å². The zero-order valence-corrected chi connectivity index (χ0v) is 19.2. The Kier molecular flexibility index (Phi) is 6.31. The van der Waals surface area contributed by atoms with Crippen LogP contribution in [0.25, 0.3) is 16.6 Å². The number of para-hydroxylation sites is 3. The number of hydrogen-bond acceptors (Lipinski definition) is 5. The predicted molar refractivity (Wildman–Crippen MR) is 133 cm³/mol. The average Bonchev–Trinajstić information content (AvgIpc) is 2.89. The Morgan fingerprint density at radius 2 is 1.56 bits per heavy atom. The van der Waals surface area contributed by atoms with Gasteiger partial charge in [0.1, 0.15) is 5.82 Å². The molecule has 0 spiro atoms. The van der Waals surface area contributed by atoms with E-state index in [1.54, 1.807) is 42.5 Å². The fourth-order valence-corrected chi connectivity index (χ4v) is 5.03. The Morgan fingerprint density at radius 3 is 2.32 bits per heavy atom. The lowest BCUT2D eigenvalue weighted by molar-refractivity contribution is -0.128. The number of amides is 1. The van der Waals surface area contributed by atoms with Gasteiger partial charge in [-0.3, -0.25) is 14.2 Å². The number of halogens is 1. The highest BCUT2D eigenvalue weighted by Gasteiger charge is 2.23. The van der Waals surface area contributed by atoms with E-state index < -0.39 is 5.82 Å². The Bertz CT molecular complexity index is 1380. The lowest BCUT2D eigenvalue weighted by atomic mass is 10.2. The Balaban J connectivity index is 1.36. The van der Waals surface area contributed by atoms with Gasteiger partial charge in [-0.1, -0.05) is 54.2 Å². The number of carbonyl (C=O) groups is 1. The molecule has 172 valence electrons. The summed E-state index contributed by atoms with van der Waals surface area (Å²) in [6, 6.07) is 23.2. The van der Waals surface area contributed by atoms with E-state index in [9.17, 15) is 14.0 Å². The summed E-state index contributed by atoms with van der Waals surface area (Å²) in [7, 11) is 0. The third-order valence-corrected chi connectivity index (χ3v) is 6.84. The van der Waals surface area contributed by atoms with Crippen LogP contribution in [0.2, 0.25) is 0 Å². The maximum absolute atomic E-state index is 14.6. The summed E-state index contributed by atoms with van der Waals surface area (Å²) in [6.45, 7) is 2.77. The summed E-state index contributed by atoms with van der Waals surface area (Å²) in [5.74, 6) is -0.433. The predicted octanol–water partition coefficient (Wildman–Crippen LogP) is 3.97. The molecule has 0 atom stereocenters. The fraction of sp³-hybridized carbons (Fsp3) is 0.192. The molecule has 4 aromatic rings. The Morgan fingerprint density at radius 1 is 0.882 bits per heavy atom. The van der Waals surface area contributed by atoms with Gasteiger partial charge in [0, 0.05) is 31.9 Å². The molecule has 0 radical (unpaired) electrons. The largest absolute Gasteiger partial charge is 0.368 e. The minimum atomic E-state index is -0.521. The van der Waals surface area contributed by atoms with Crippen molar-refractivity contribution in [2.75, 3.05) is 36.8 Å². The van der Waals surface area contributed by atoms with Crippen molar-refractivity contribution >= 4 is 34.3 Å². The minimum absolute atomic E-state index is 0.0276. The second kappa shape index (κ2) is 9.69. The van der Waals surface area contributed by atoms with Crippen molar-refractivity contribution in [3.8, 4) is 5.69 Å². The van der Waals surface area contributed by atoms with Crippen LogP contribution in [0.3, 0.4) is 0 Å². The molecule has 0 bridgehead atoms. The Hall–Kier alpha value is -3.65. The molecule has 6 nitrogen and oxygen atoms in total. The highest BCUT2D eigenvalue weighted by atomic mass is 32.2. The lowest BCUT2D eigenvalue weighted by Crippen LogP contribution is -2.49. The third kappa shape index (κ3) is 4.41. The first-order valence-corrected chi connectivity index (χ1v) is 12.1. The number of carbonyl (C=O) groups excluding carboxylic acids is 1. The number of aromatic nitrogens is 2. The number of fused-ring (bicyclic) bond motifs is 1. The normalized spacial score (nSPS) is 13.9. The summed E-state index contributed by atoms with van der Waals surface area (Å²) >= 11 is 1.16. The monoisotopic (exact) mass is 474 g/mol. The molecule has 34 heavy (non-hydrogen) atoms. The van der Waals surface area contributed by atoms with Crippen LogP contribution in [-0.2, 0) is 4.79 Å². The van der Waals surface area contributed by atoms with Crippen LogP contribution in [0.15, 0.2) is 88.8 Å². The smallest absolute Gasteiger partial charge is 0.266 e. The second-order valence-corrected chi connectivity index (χ2v) is 8.94. The van der Waals surface area contributed by atoms with Gasteiger partial charge in [0.2, 0.25) is 5.91 Å². The van der Waals surface area contributed by atoms with Gasteiger partial charge in [-0.05, 0) is 36.4 Å². The fourth-order valence-electron chi connectivity index (χ4n) is 4.13. The number of anilines is 1. The van der Waals surface area contributed by atoms with Crippen molar-refractivity contribution in [1.29, 1.82) is 0 Å². The zero-order chi connectivity index (χ0) is 23.5. The van der Waals surface area contributed by atoms with Crippen LogP contribution in [0, 0.1) is 5.82 Å². The standard InChI is InChI=1S/C26H23FN4O2S/c27-21-11-5-7-13-23(21)31-25(33)20-10-4-6-12-22(20)28-26(31)34-18-24(32)30-16-14-29(15-17-30)19-8-2-1-3-9-19/h1-13H,14-18H2. The average molecular weight is 475 g/mol. The maximum Gasteiger partial charge on any atom is 0.266 e. The summed E-state index contributed by atoms with van der Waals surface area (Å²) in [6.07, 6.45) is 0. The minimum Gasteiger partial charge on any atom is -0.368 e. The third-order valence-electron chi connectivity index (χ3n) is 5.92. The number of nitrogens with zero attached hydrogens (tertiary/aromatic N) is 4. The van der Waals surface area contributed by atoms with Crippen molar-refractivity contribution in [2.24, 2.45) is 0 Å². The van der Waals surface area contributed by atoms with Gasteiger partial charge in [0.25, 0.3) is 5.56 Å². The van der Waals surface area contributed by atoms with Crippen LogP contribution in [-0.4, -0.2) is 52.3 Å². The van der Waals surface area contributed by atoms with Gasteiger partial charge in [0.05, 0.1) is 22.3 Å². The molecule has 8 heteroatoms. The maximum atomic E-state index is 14.6. The number of benzene rings is 3. The molecule has 1 aliphatic heterocycles. The van der Waals surface area contributed by atoms with Crippen LogP contribution < -0.4 is 10.5 Å². The van der Waals surface area contributed by atoms with Crippen molar-refractivity contribution in [2.45, 2.75) is 5.16 Å². The van der Waals surface area contributed by atoms with Crippen LogP contribution >= 0.6 is 11.8 Å². The molecule has 0 aliphatic carbocycles. The van der Waals surface area contributed by atoms with Crippen molar-refractivity contribution in [1.82, 2.24) is 14.5 Å². The van der Waals surface area contributed by atoms with Crippen molar-refractivity contribution in [3.05, 3.63) is 95.0 Å². The molecule has 0 N–H and O–H groups in total. The van der Waals surface area contributed by atoms with Crippen molar-refractivity contribution < 1.29 is 9.18 Å². The Labute approximate surface area is 200 Å².